The standard InChI is InChI=1S/C21H30F2N6.C18H24F2N6/c1-13(2)28-10-7-17-18(12-28)25-20(29-15(4)11-14(3)27-29)26-19(17)24-16-5-8-21(22,23)9-6-16;1-11-9-12(2)26(25-11)17-23-15-10-21-8-5-14(15)16(24-17)22-13-3-6-18(19,20)7-4-13/h11,13,16H,5-10,12H2,1-4H3,(H,24,25,26);9,13,21H,3-8,10H2,1-2H3,(H,22,23,24). The Hall–Kier alpha value is -4.18. The number of nitrogens with zero attached hydrogens (tertiary/aromatic N) is 9. The van der Waals surface area contributed by atoms with Crippen LogP contribution in [0.3, 0.4) is 0 Å². The molecule has 8 rings (SSSR count). The molecule has 6 heterocycles. The first kappa shape index (κ1) is 39.1. The van der Waals surface area contributed by atoms with Crippen LogP contribution in [0.1, 0.15) is 111 Å². The van der Waals surface area contributed by atoms with E-state index >= 15 is 0 Å². The molecule has 2 aliphatic heterocycles. The van der Waals surface area contributed by atoms with Gasteiger partial charge in [0.15, 0.2) is 0 Å². The number of alkyl halides is 4. The predicted molar refractivity (Wildman–Crippen MR) is 204 cm³/mol. The first-order chi connectivity index (χ1) is 26.1. The van der Waals surface area contributed by atoms with Gasteiger partial charge in [-0.1, -0.05) is 0 Å². The van der Waals surface area contributed by atoms with Crippen LogP contribution in [0.15, 0.2) is 12.1 Å². The summed E-state index contributed by atoms with van der Waals surface area (Å²) in [5, 5.41) is 19.3. The van der Waals surface area contributed by atoms with E-state index in [0.717, 1.165) is 89.4 Å². The fourth-order valence-electron chi connectivity index (χ4n) is 8.07. The van der Waals surface area contributed by atoms with Crippen LogP contribution in [-0.2, 0) is 25.9 Å². The zero-order valence-corrected chi connectivity index (χ0v) is 32.8. The van der Waals surface area contributed by atoms with Crippen molar-refractivity contribution >= 4 is 11.6 Å². The number of fused-ring (bicyclic) bond motifs is 2. The molecule has 3 N–H and O–H groups in total. The first-order valence-corrected chi connectivity index (χ1v) is 19.7. The molecule has 4 aromatic rings. The van der Waals surface area contributed by atoms with Gasteiger partial charge < -0.3 is 16.0 Å². The average molecular weight is 767 g/mol. The minimum Gasteiger partial charge on any atom is -0.367 e. The maximum Gasteiger partial charge on any atom is 0.253 e. The van der Waals surface area contributed by atoms with Gasteiger partial charge in [0.2, 0.25) is 11.8 Å². The van der Waals surface area contributed by atoms with Crippen molar-refractivity contribution in [3.05, 3.63) is 57.4 Å². The fraction of sp³-hybridized carbons (Fsp3) is 0.641. The highest BCUT2D eigenvalue weighted by Gasteiger charge is 2.37. The number of nitrogens with one attached hydrogen (secondary N) is 3. The highest BCUT2D eigenvalue weighted by molar-refractivity contribution is 5.52. The van der Waals surface area contributed by atoms with Crippen molar-refractivity contribution in [2.24, 2.45) is 0 Å². The maximum absolute atomic E-state index is 13.6. The summed E-state index contributed by atoms with van der Waals surface area (Å²) >= 11 is 0. The Morgan fingerprint density at radius 2 is 1.16 bits per heavy atom. The lowest BCUT2D eigenvalue weighted by Crippen LogP contribution is -2.38. The van der Waals surface area contributed by atoms with Gasteiger partial charge in [-0.15, -0.1) is 0 Å². The largest absolute Gasteiger partial charge is 0.367 e. The minimum atomic E-state index is -2.53. The van der Waals surface area contributed by atoms with E-state index in [-0.39, 0.29) is 37.8 Å². The van der Waals surface area contributed by atoms with E-state index in [4.69, 9.17) is 19.9 Å². The molecule has 0 aromatic carbocycles. The van der Waals surface area contributed by atoms with Crippen LogP contribution in [0.2, 0.25) is 0 Å². The molecule has 12 nitrogen and oxygen atoms in total. The van der Waals surface area contributed by atoms with Crippen LogP contribution < -0.4 is 16.0 Å². The topological polar surface area (TPSA) is 127 Å². The summed E-state index contributed by atoms with van der Waals surface area (Å²) in [6.07, 6.45) is 3.26. The predicted octanol–water partition coefficient (Wildman–Crippen LogP) is 6.95. The highest BCUT2D eigenvalue weighted by atomic mass is 19.3. The Morgan fingerprint density at radius 1 is 0.691 bits per heavy atom. The van der Waals surface area contributed by atoms with Crippen molar-refractivity contribution in [1.29, 1.82) is 0 Å². The quantitative estimate of drug-likeness (QED) is 0.170. The molecule has 0 radical (unpaired) electrons. The van der Waals surface area contributed by atoms with Gasteiger partial charge in [0.05, 0.1) is 22.8 Å². The second kappa shape index (κ2) is 15.8. The van der Waals surface area contributed by atoms with Gasteiger partial charge in [0.25, 0.3) is 11.9 Å². The number of anilines is 2. The van der Waals surface area contributed by atoms with Crippen LogP contribution in [0.25, 0.3) is 11.9 Å². The Balaban J connectivity index is 0.000000170. The Labute approximate surface area is 320 Å². The van der Waals surface area contributed by atoms with Crippen molar-refractivity contribution < 1.29 is 17.6 Å². The van der Waals surface area contributed by atoms with Crippen molar-refractivity contribution in [2.75, 3.05) is 23.7 Å². The lowest BCUT2D eigenvalue weighted by molar-refractivity contribution is -0.0366. The fourth-order valence-corrected chi connectivity index (χ4v) is 8.07. The summed E-state index contributed by atoms with van der Waals surface area (Å²) in [7, 11) is 0. The summed E-state index contributed by atoms with van der Waals surface area (Å²) in [6.45, 7) is 15.5. The summed E-state index contributed by atoms with van der Waals surface area (Å²) in [5.41, 5.74) is 7.93. The third kappa shape index (κ3) is 9.11. The molecule has 4 aromatic heterocycles. The molecule has 0 spiro atoms. The Morgan fingerprint density at radius 3 is 1.62 bits per heavy atom. The van der Waals surface area contributed by atoms with E-state index in [1.165, 1.54) is 0 Å². The number of hydrogen-bond donors (Lipinski definition) is 3. The number of aryl methyl sites for hydroxylation is 4. The molecule has 0 bridgehead atoms. The number of halogens is 4. The van der Waals surface area contributed by atoms with E-state index in [9.17, 15) is 17.6 Å². The number of hydrogen-bond acceptors (Lipinski definition) is 10. The number of aromatic nitrogens is 8. The minimum absolute atomic E-state index is 0.0186. The van der Waals surface area contributed by atoms with Gasteiger partial charge in [-0.25, -0.2) is 36.9 Å². The summed E-state index contributed by atoms with van der Waals surface area (Å²) in [5.74, 6) is -2.42. The van der Waals surface area contributed by atoms with Crippen molar-refractivity contribution in [1.82, 2.24) is 49.7 Å². The smallest absolute Gasteiger partial charge is 0.253 e. The Kier molecular flexibility index (Phi) is 11.2. The second-order valence-electron chi connectivity index (χ2n) is 16.1. The molecule has 55 heavy (non-hydrogen) atoms. The highest BCUT2D eigenvalue weighted by Crippen LogP contribution is 2.37. The second-order valence-corrected chi connectivity index (χ2v) is 16.1. The van der Waals surface area contributed by atoms with Crippen LogP contribution >= 0.6 is 0 Å². The molecule has 2 saturated carbocycles. The Bertz CT molecular complexity index is 1970. The van der Waals surface area contributed by atoms with Gasteiger partial charge in [-0.05, 0) is 98.7 Å². The lowest BCUT2D eigenvalue weighted by atomic mass is 9.92. The van der Waals surface area contributed by atoms with Gasteiger partial charge in [0, 0.05) is 86.0 Å². The van der Waals surface area contributed by atoms with E-state index in [1.807, 2.05) is 39.8 Å². The molecule has 2 aliphatic carbocycles. The molecule has 0 saturated heterocycles. The molecular weight excluding hydrogens is 713 g/mol. The normalized spacial score (nSPS) is 20.1. The lowest BCUT2D eigenvalue weighted by Gasteiger charge is -2.34. The summed E-state index contributed by atoms with van der Waals surface area (Å²) in [4.78, 5) is 21.5. The number of rotatable bonds is 7. The van der Waals surface area contributed by atoms with Gasteiger partial charge in [0.1, 0.15) is 11.6 Å². The summed E-state index contributed by atoms with van der Waals surface area (Å²) in [6, 6.07) is 4.46. The SMILES string of the molecule is Cc1cc(C)n(-c2nc3c(c(NC4CCC(F)(F)CC4)n2)CCN(C(C)C)C3)n1.Cc1cc(C)n(-c2nc3c(c(NC4CCC(F)(F)CC4)n2)CCNC3)n1. The third-order valence-corrected chi connectivity index (χ3v) is 11.3. The zero-order valence-electron chi connectivity index (χ0n) is 32.8. The molecular formula is C39H54F4N12. The molecule has 2 fully saturated rings. The van der Waals surface area contributed by atoms with Gasteiger partial charge >= 0.3 is 0 Å². The van der Waals surface area contributed by atoms with Crippen LogP contribution in [0.4, 0.5) is 29.2 Å². The van der Waals surface area contributed by atoms with Gasteiger partial charge in [-0.3, -0.25) is 4.90 Å². The first-order valence-electron chi connectivity index (χ1n) is 19.7. The van der Waals surface area contributed by atoms with Crippen LogP contribution in [-0.4, -0.2) is 87.5 Å². The summed E-state index contributed by atoms with van der Waals surface area (Å²) < 4.78 is 57.5. The molecule has 4 aliphatic rings. The molecule has 0 atom stereocenters. The van der Waals surface area contributed by atoms with Crippen molar-refractivity contribution in [3.8, 4) is 11.9 Å². The van der Waals surface area contributed by atoms with Crippen molar-refractivity contribution in [3.63, 3.8) is 0 Å². The molecule has 0 unspecified atom stereocenters. The van der Waals surface area contributed by atoms with Crippen LogP contribution in [0, 0.1) is 27.7 Å². The van der Waals surface area contributed by atoms with E-state index in [1.54, 1.807) is 9.36 Å². The van der Waals surface area contributed by atoms with Crippen LogP contribution in [0.5, 0.6) is 0 Å². The average Bonchev–Trinajstić information content (AvgIpc) is 3.67. The van der Waals surface area contributed by atoms with E-state index in [0.29, 0.717) is 50.2 Å². The van der Waals surface area contributed by atoms with Crippen molar-refractivity contribution in [2.45, 2.75) is 149 Å². The maximum atomic E-state index is 13.6. The molecule has 16 heteroatoms. The van der Waals surface area contributed by atoms with Gasteiger partial charge in [-0.2, -0.15) is 20.2 Å². The van der Waals surface area contributed by atoms with E-state index < -0.39 is 11.8 Å². The molecule has 298 valence electrons. The monoisotopic (exact) mass is 766 g/mol. The zero-order chi connectivity index (χ0) is 39.1. The van der Waals surface area contributed by atoms with E-state index in [2.05, 4.69) is 44.9 Å². The third-order valence-electron chi connectivity index (χ3n) is 11.3. The molecule has 0 amide bonds.